The molecule has 0 aliphatic heterocycles. The van der Waals surface area contributed by atoms with Crippen molar-refractivity contribution in [3.8, 4) is 0 Å². The molecule has 1 rings (SSSR count). The molecule has 27 heavy (non-hydrogen) atoms. The van der Waals surface area contributed by atoms with Gasteiger partial charge in [-0.25, -0.2) is 9.59 Å². The summed E-state index contributed by atoms with van der Waals surface area (Å²) in [5, 5.41) is 17.5. The average molecular weight is 378 g/mol. The van der Waals surface area contributed by atoms with Crippen molar-refractivity contribution in [3.05, 3.63) is 59.6 Å². The minimum absolute atomic E-state index is 0.0128. The zero-order chi connectivity index (χ0) is 20.8. The third-order valence-electron chi connectivity index (χ3n) is 2.93. The Morgan fingerprint density at radius 2 is 1.33 bits per heavy atom. The lowest BCUT2D eigenvalue weighted by molar-refractivity contribution is -0.137. The Morgan fingerprint density at radius 1 is 0.889 bits per heavy atom. The van der Waals surface area contributed by atoms with Gasteiger partial charge in [0.2, 0.25) is 11.5 Å². The van der Waals surface area contributed by atoms with Gasteiger partial charge in [0.15, 0.2) is 0 Å². The molecule has 0 saturated carbocycles. The molecule has 0 unspecified atom stereocenters. The van der Waals surface area contributed by atoms with Crippen LogP contribution in [0.2, 0.25) is 0 Å². The van der Waals surface area contributed by atoms with Crippen LogP contribution in [0.25, 0.3) is 0 Å². The summed E-state index contributed by atoms with van der Waals surface area (Å²) < 4.78 is 10.1. The quantitative estimate of drug-likeness (QED) is 0.486. The van der Waals surface area contributed by atoms with Crippen LogP contribution in [0.5, 0.6) is 0 Å². The van der Waals surface area contributed by atoms with Crippen molar-refractivity contribution in [1.29, 1.82) is 0 Å². The number of aliphatic carboxylic acids is 2. The highest BCUT2D eigenvalue weighted by atomic mass is 16.5. The molecule has 0 amide bonds. The summed E-state index contributed by atoms with van der Waals surface area (Å²) in [6.07, 6.45) is 3.19. The molecule has 0 aliphatic carbocycles. The van der Waals surface area contributed by atoms with E-state index in [9.17, 15) is 9.59 Å². The molecule has 6 heteroatoms. The first-order valence-electron chi connectivity index (χ1n) is 8.87. The summed E-state index contributed by atoms with van der Waals surface area (Å²) in [5.41, 5.74) is 0.957. The van der Waals surface area contributed by atoms with Crippen LogP contribution in [-0.4, -0.2) is 28.8 Å². The highest BCUT2D eigenvalue weighted by Crippen LogP contribution is 2.09. The maximum atomic E-state index is 10.9. The van der Waals surface area contributed by atoms with Crippen LogP contribution in [-0.2, 0) is 25.7 Å². The molecule has 0 bridgehead atoms. The molecule has 0 saturated heterocycles. The van der Waals surface area contributed by atoms with E-state index in [4.69, 9.17) is 19.7 Å². The fourth-order valence-corrected chi connectivity index (χ4v) is 1.86. The monoisotopic (exact) mass is 378 g/mol. The maximum absolute atomic E-state index is 10.9. The number of hydrogen-bond donors (Lipinski definition) is 2. The normalized spacial score (nSPS) is 11.7. The highest BCUT2D eigenvalue weighted by molar-refractivity contribution is 5.84. The standard InChI is InChI=1S/C13H16O3.C8H14O3/c1-10(2)8-12(13(14)15)16-9-11-6-4-3-5-7-11;1-4-11-7(8(9)10)5-6(2)3/h3-8,10H,9H2,1-2H3,(H,14,15);5-6H,4H2,1-3H3,(H,9,10)/b12-8-;7-5-. The molecule has 0 spiro atoms. The number of rotatable bonds is 9. The second-order valence-corrected chi connectivity index (χ2v) is 6.37. The van der Waals surface area contributed by atoms with Gasteiger partial charge in [0.25, 0.3) is 0 Å². The van der Waals surface area contributed by atoms with Crippen molar-refractivity contribution in [2.45, 2.75) is 41.2 Å². The number of ether oxygens (including phenoxy) is 2. The number of carboxylic acid groups (broad SMARTS) is 2. The summed E-state index contributed by atoms with van der Waals surface area (Å²) in [5.74, 6) is -1.61. The van der Waals surface area contributed by atoms with E-state index in [1.807, 2.05) is 58.0 Å². The Labute approximate surface area is 161 Å². The Morgan fingerprint density at radius 3 is 1.70 bits per heavy atom. The van der Waals surface area contributed by atoms with E-state index >= 15 is 0 Å². The number of hydrogen-bond acceptors (Lipinski definition) is 4. The van der Waals surface area contributed by atoms with Gasteiger partial charge in [-0.3, -0.25) is 0 Å². The van der Waals surface area contributed by atoms with Crippen LogP contribution < -0.4 is 0 Å². The highest BCUT2D eigenvalue weighted by Gasteiger charge is 2.09. The first kappa shape index (κ1) is 24.2. The van der Waals surface area contributed by atoms with E-state index in [0.717, 1.165) is 5.56 Å². The van der Waals surface area contributed by atoms with Gasteiger partial charge in [-0.2, -0.15) is 0 Å². The zero-order valence-electron chi connectivity index (χ0n) is 16.6. The Kier molecular flexibility index (Phi) is 12.1. The number of carboxylic acids is 2. The molecule has 0 aromatic heterocycles. The van der Waals surface area contributed by atoms with Crippen molar-refractivity contribution >= 4 is 11.9 Å². The van der Waals surface area contributed by atoms with E-state index in [2.05, 4.69) is 0 Å². The molecule has 0 aliphatic rings. The van der Waals surface area contributed by atoms with Crippen LogP contribution in [0.15, 0.2) is 54.0 Å². The fraction of sp³-hybridized carbons (Fsp3) is 0.429. The molecule has 6 nitrogen and oxygen atoms in total. The van der Waals surface area contributed by atoms with Crippen LogP contribution in [0.1, 0.15) is 40.2 Å². The first-order chi connectivity index (χ1) is 12.7. The van der Waals surface area contributed by atoms with Crippen molar-refractivity contribution < 1.29 is 29.3 Å². The molecule has 0 heterocycles. The molecular weight excluding hydrogens is 348 g/mol. The molecular formula is C21H30O6. The molecule has 150 valence electrons. The summed E-state index contributed by atoms with van der Waals surface area (Å²) in [7, 11) is 0. The van der Waals surface area contributed by atoms with Crippen molar-refractivity contribution in [2.75, 3.05) is 6.61 Å². The third-order valence-corrected chi connectivity index (χ3v) is 2.93. The summed E-state index contributed by atoms with van der Waals surface area (Å²) >= 11 is 0. The van der Waals surface area contributed by atoms with Crippen LogP contribution in [0, 0.1) is 11.8 Å². The van der Waals surface area contributed by atoms with E-state index < -0.39 is 11.9 Å². The predicted molar refractivity (Wildman–Crippen MR) is 104 cm³/mol. The van der Waals surface area contributed by atoms with Crippen molar-refractivity contribution in [1.82, 2.24) is 0 Å². The SMILES string of the molecule is CC(C)/C=C(\OCc1ccccc1)C(=O)O.CCO/C(=C\C(C)C)C(=O)O. The van der Waals surface area contributed by atoms with Crippen molar-refractivity contribution in [3.63, 3.8) is 0 Å². The van der Waals surface area contributed by atoms with Gasteiger partial charge < -0.3 is 19.7 Å². The third kappa shape index (κ3) is 12.3. The van der Waals surface area contributed by atoms with Gasteiger partial charge in [0.05, 0.1) is 6.61 Å². The largest absolute Gasteiger partial charge is 0.487 e. The van der Waals surface area contributed by atoms with Crippen LogP contribution in [0.4, 0.5) is 0 Å². The lowest BCUT2D eigenvalue weighted by atomic mass is 10.2. The Hall–Kier alpha value is -2.76. The lowest BCUT2D eigenvalue weighted by Crippen LogP contribution is -2.06. The van der Waals surface area contributed by atoms with E-state index in [-0.39, 0.29) is 30.0 Å². The van der Waals surface area contributed by atoms with Gasteiger partial charge >= 0.3 is 11.9 Å². The topological polar surface area (TPSA) is 93.1 Å². The second-order valence-electron chi connectivity index (χ2n) is 6.37. The first-order valence-corrected chi connectivity index (χ1v) is 8.87. The molecule has 0 radical (unpaired) electrons. The summed E-state index contributed by atoms with van der Waals surface area (Å²) in [6, 6.07) is 9.49. The average Bonchev–Trinajstić information content (AvgIpc) is 2.58. The van der Waals surface area contributed by atoms with Gasteiger partial charge in [0, 0.05) is 0 Å². The van der Waals surface area contributed by atoms with Crippen molar-refractivity contribution in [2.24, 2.45) is 11.8 Å². The van der Waals surface area contributed by atoms with Crippen LogP contribution in [0.3, 0.4) is 0 Å². The fourth-order valence-electron chi connectivity index (χ4n) is 1.86. The molecule has 1 aromatic rings. The minimum Gasteiger partial charge on any atom is -0.487 e. The molecule has 2 N–H and O–H groups in total. The number of carbonyl (C=O) groups is 2. The summed E-state index contributed by atoms with van der Waals surface area (Å²) in [4.78, 5) is 21.3. The van der Waals surface area contributed by atoms with E-state index in [0.29, 0.717) is 6.61 Å². The predicted octanol–water partition coefficient (Wildman–Crippen LogP) is 4.48. The summed E-state index contributed by atoms with van der Waals surface area (Å²) in [6.45, 7) is 10.1. The minimum atomic E-state index is -1.02. The Balaban J connectivity index is 0.000000541. The van der Waals surface area contributed by atoms with Gasteiger partial charge in [-0.1, -0.05) is 58.0 Å². The van der Waals surface area contributed by atoms with E-state index in [1.165, 1.54) is 0 Å². The zero-order valence-corrected chi connectivity index (χ0v) is 16.6. The van der Waals surface area contributed by atoms with Gasteiger partial charge in [-0.05, 0) is 36.5 Å². The lowest BCUT2D eigenvalue weighted by Gasteiger charge is -2.07. The van der Waals surface area contributed by atoms with Crippen LogP contribution >= 0.6 is 0 Å². The maximum Gasteiger partial charge on any atom is 0.370 e. The molecule has 0 atom stereocenters. The van der Waals surface area contributed by atoms with Gasteiger partial charge in [0.1, 0.15) is 6.61 Å². The van der Waals surface area contributed by atoms with Gasteiger partial charge in [-0.15, -0.1) is 0 Å². The number of benzene rings is 1. The molecule has 1 aromatic carbocycles. The van der Waals surface area contributed by atoms with E-state index in [1.54, 1.807) is 19.1 Å². The number of allylic oxidation sites excluding steroid dienone is 2. The second kappa shape index (κ2) is 13.4. The molecule has 0 fully saturated rings. The smallest absolute Gasteiger partial charge is 0.370 e. The Bertz CT molecular complexity index is 629.